The smallest absolute Gasteiger partial charge is 0.404 e. The summed E-state index contributed by atoms with van der Waals surface area (Å²) in [4.78, 5) is 36.2. The van der Waals surface area contributed by atoms with Gasteiger partial charge in [0.15, 0.2) is 0 Å². The van der Waals surface area contributed by atoms with Crippen molar-refractivity contribution in [3.63, 3.8) is 0 Å². The maximum absolute atomic E-state index is 13.2. The molecule has 0 atom stereocenters. The van der Waals surface area contributed by atoms with Crippen LogP contribution in [0, 0.1) is 6.92 Å². The fourth-order valence-electron chi connectivity index (χ4n) is 3.39. The molecule has 0 saturated carbocycles. The number of amides is 2. The standard InChI is InChI=1S/C22H22ClN3O5/c1-13-17(12-20(27)24-9-10-25-22(29)30)18-11-16(31-2)7-8-19(18)26(13)21(28)14-3-5-15(23)6-4-14/h3-8,11,25H,9-10,12H2,1-2H3,(H,24,27)(H,29,30). The number of benzene rings is 2. The first-order chi connectivity index (χ1) is 14.8. The number of fused-ring (bicyclic) bond motifs is 1. The van der Waals surface area contributed by atoms with Crippen molar-refractivity contribution in [1.82, 2.24) is 15.2 Å². The zero-order valence-corrected chi connectivity index (χ0v) is 17.8. The van der Waals surface area contributed by atoms with Gasteiger partial charge in [-0.1, -0.05) is 11.6 Å². The Hall–Kier alpha value is -3.52. The van der Waals surface area contributed by atoms with Gasteiger partial charge in [-0.2, -0.15) is 0 Å². The van der Waals surface area contributed by atoms with E-state index in [9.17, 15) is 14.4 Å². The van der Waals surface area contributed by atoms with Crippen LogP contribution < -0.4 is 15.4 Å². The number of aromatic nitrogens is 1. The summed E-state index contributed by atoms with van der Waals surface area (Å²) in [6.45, 7) is 2.05. The van der Waals surface area contributed by atoms with Crippen LogP contribution in [0.4, 0.5) is 4.79 Å². The van der Waals surface area contributed by atoms with Gasteiger partial charge in [-0.3, -0.25) is 14.2 Å². The molecule has 1 heterocycles. The topological polar surface area (TPSA) is 110 Å². The van der Waals surface area contributed by atoms with E-state index in [-0.39, 0.29) is 31.3 Å². The van der Waals surface area contributed by atoms with Crippen LogP contribution in [0.25, 0.3) is 10.9 Å². The minimum absolute atomic E-state index is 0.0312. The van der Waals surface area contributed by atoms with Gasteiger partial charge in [0, 0.05) is 34.8 Å². The van der Waals surface area contributed by atoms with Crippen LogP contribution in [0.15, 0.2) is 42.5 Å². The van der Waals surface area contributed by atoms with Crippen LogP contribution in [-0.2, 0) is 11.2 Å². The van der Waals surface area contributed by atoms with Crippen molar-refractivity contribution in [2.45, 2.75) is 13.3 Å². The molecule has 0 aliphatic carbocycles. The number of ether oxygens (including phenoxy) is 1. The molecule has 0 aliphatic rings. The van der Waals surface area contributed by atoms with Gasteiger partial charge in [-0.15, -0.1) is 0 Å². The third-order valence-electron chi connectivity index (χ3n) is 4.90. The second-order valence-electron chi connectivity index (χ2n) is 6.85. The molecule has 162 valence electrons. The summed E-state index contributed by atoms with van der Waals surface area (Å²) >= 11 is 5.94. The second-order valence-corrected chi connectivity index (χ2v) is 7.29. The quantitative estimate of drug-likeness (QED) is 0.486. The lowest BCUT2D eigenvalue weighted by Gasteiger charge is -2.08. The van der Waals surface area contributed by atoms with Crippen molar-refractivity contribution in [2.24, 2.45) is 0 Å². The lowest BCUT2D eigenvalue weighted by atomic mass is 10.1. The van der Waals surface area contributed by atoms with Crippen molar-refractivity contribution >= 4 is 40.4 Å². The summed E-state index contributed by atoms with van der Waals surface area (Å²) in [6.07, 6.45) is -1.12. The van der Waals surface area contributed by atoms with Crippen molar-refractivity contribution in [2.75, 3.05) is 20.2 Å². The number of halogens is 1. The van der Waals surface area contributed by atoms with Crippen LogP contribution in [-0.4, -0.2) is 47.8 Å². The van der Waals surface area contributed by atoms with Crippen LogP contribution in [0.3, 0.4) is 0 Å². The lowest BCUT2D eigenvalue weighted by molar-refractivity contribution is -0.120. The minimum Gasteiger partial charge on any atom is -0.497 e. The molecular weight excluding hydrogens is 422 g/mol. The van der Waals surface area contributed by atoms with E-state index in [4.69, 9.17) is 21.4 Å². The van der Waals surface area contributed by atoms with Crippen molar-refractivity contribution in [3.05, 3.63) is 64.3 Å². The Kier molecular flexibility index (Phi) is 6.81. The molecule has 0 radical (unpaired) electrons. The third-order valence-corrected chi connectivity index (χ3v) is 5.15. The number of nitrogens with zero attached hydrogens (tertiary/aromatic N) is 1. The van der Waals surface area contributed by atoms with E-state index in [1.54, 1.807) is 61.1 Å². The van der Waals surface area contributed by atoms with Crippen molar-refractivity contribution in [1.29, 1.82) is 0 Å². The second kappa shape index (κ2) is 9.53. The minimum atomic E-state index is -1.15. The molecule has 0 unspecified atom stereocenters. The Morgan fingerprint density at radius 1 is 1.06 bits per heavy atom. The summed E-state index contributed by atoms with van der Waals surface area (Å²) in [7, 11) is 1.55. The Labute approximate surface area is 183 Å². The molecule has 3 N–H and O–H groups in total. The van der Waals surface area contributed by atoms with Crippen LogP contribution in [0.2, 0.25) is 5.02 Å². The molecule has 2 amide bonds. The average molecular weight is 444 g/mol. The van der Waals surface area contributed by atoms with Gasteiger partial charge in [-0.05, 0) is 55.0 Å². The predicted molar refractivity (Wildman–Crippen MR) is 117 cm³/mol. The van der Waals surface area contributed by atoms with Crippen LogP contribution >= 0.6 is 11.6 Å². The van der Waals surface area contributed by atoms with Gasteiger partial charge < -0.3 is 20.5 Å². The van der Waals surface area contributed by atoms with E-state index in [1.807, 2.05) is 0 Å². The van der Waals surface area contributed by atoms with Gasteiger partial charge in [0.1, 0.15) is 5.75 Å². The normalized spacial score (nSPS) is 10.7. The molecule has 0 spiro atoms. The molecule has 0 saturated heterocycles. The third kappa shape index (κ3) is 4.97. The molecule has 2 aromatic carbocycles. The highest BCUT2D eigenvalue weighted by atomic mass is 35.5. The summed E-state index contributed by atoms with van der Waals surface area (Å²) in [5, 5.41) is 14.7. The molecule has 3 aromatic rings. The van der Waals surface area contributed by atoms with Crippen LogP contribution in [0.1, 0.15) is 21.6 Å². The number of carbonyl (C=O) groups is 3. The van der Waals surface area contributed by atoms with Crippen LogP contribution in [0.5, 0.6) is 5.75 Å². The fourth-order valence-corrected chi connectivity index (χ4v) is 3.52. The zero-order valence-electron chi connectivity index (χ0n) is 17.1. The Morgan fingerprint density at radius 2 is 1.74 bits per heavy atom. The first kappa shape index (κ1) is 22.2. The van der Waals surface area contributed by atoms with Gasteiger partial charge in [0.25, 0.3) is 5.91 Å². The summed E-state index contributed by atoms with van der Waals surface area (Å²) in [5.74, 6) is 0.0914. The molecule has 31 heavy (non-hydrogen) atoms. The zero-order chi connectivity index (χ0) is 22.5. The molecule has 0 fully saturated rings. The Bertz CT molecular complexity index is 1140. The molecule has 0 bridgehead atoms. The molecular formula is C22H22ClN3O5. The fraction of sp³-hybridized carbons (Fsp3) is 0.227. The van der Waals surface area contributed by atoms with E-state index in [1.165, 1.54) is 0 Å². The van der Waals surface area contributed by atoms with E-state index >= 15 is 0 Å². The predicted octanol–water partition coefficient (Wildman–Crippen LogP) is 3.23. The van der Waals surface area contributed by atoms with E-state index in [0.717, 1.165) is 5.39 Å². The Morgan fingerprint density at radius 3 is 2.39 bits per heavy atom. The number of rotatable bonds is 7. The number of nitrogens with one attached hydrogen (secondary N) is 2. The molecule has 8 nitrogen and oxygen atoms in total. The lowest BCUT2D eigenvalue weighted by Crippen LogP contribution is -2.34. The number of carboxylic acid groups (broad SMARTS) is 1. The highest BCUT2D eigenvalue weighted by Gasteiger charge is 2.22. The summed E-state index contributed by atoms with van der Waals surface area (Å²) < 4.78 is 6.89. The molecule has 9 heteroatoms. The van der Waals surface area contributed by atoms with E-state index in [0.29, 0.717) is 33.1 Å². The van der Waals surface area contributed by atoms with E-state index < -0.39 is 6.09 Å². The number of carbonyl (C=O) groups excluding carboxylic acids is 2. The first-order valence-electron chi connectivity index (χ1n) is 9.53. The number of methoxy groups -OCH3 is 1. The van der Waals surface area contributed by atoms with Crippen molar-refractivity contribution in [3.8, 4) is 5.75 Å². The summed E-state index contributed by atoms with van der Waals surface area (Å²) in [5.41, 5.74) is 2.46. The van der Waals surface area contributed by atoms with Crippen molar-refractivity contribution < 1.29 is 24.2 Å². The van der Waals surface area contributed by atoms with Gasteiger partial charge in [0.05, 0.1) is 19.0 Å². The van der Waals surface area contributed by atoms with Gasteiger partial charge >= 0.3 is 6.09 Å². The Balaban J connectivity index is 1.96. The van der Waals surface area contributed by atoms with E-state index in [2.05, 4.69) is 10.6 Å². The highest BCUT2D eigenvalue weighted by Crippen LogP contribution is 2.30. The molecule has 1 aromatic heterocycles. The number of hydrogen-bond donors (Lipinski definition) is 3. The molecule has 3 rings (SSSR count). The molecule has 0 aliphatic heterocycles. The largest absolute Gasteiger partial charge is 0.497 e. The maximum atomic E-state index is 13.2. The summed E-state index contributed by atoms with van der Waals surface area (Å²) in [6, 6.07) is 11.9. The maximum Gasteiger partial charge on any atom is 0.404 e. The SMILES string of the molecule is COc1ccc2c(c1)c(CC(=O)NCCNC(=O)O)c(C)n2C(=O)c1ccc(Cl)cc1. The monoisotopic (exact) mass is 443 g/mol. The average Bonchev–Trinajstić information content (AvgIpc) is 3.01. The van der Waals surface area contributed by atoms with Gasteiger partial charge in [-0.25, -0.2) is 4.79 Å². The number of hydrogen-bond acceptors (Lipinski definition) is 4. The highest BCUT2D eigenvalue weighted by molar-refractivity contribution is 6.30. The van der Waals surface area contributed by atoms with Gasteiger partial charge in [0.2, 0.25) is 5.91 Å². The first-order valence-corrected chi connectivity index (χ1v) is 9.91.